The van der Waals surface area contributed by atoms with Crippen molar-refractivity contribution in [2.24, 2.45) is 0 Å². The molecule has 0 atom stereocenters. The highest BCUT2D eigenvalue weighted by Gasteiger charge is 2.14. The Morgan fingerprint density at radius 1 is 1.08 bits per heavy atom. The number of aryl methyl sites for hydroxylation is 1. The number of morpholine rings is 1. The Morgan fingerprint density at radius 2 is 1.76 bits per heavy atom. The van der Waals surface area contributed by atoms with Gasteiger partial charge in [0.1, 0.15) is 0 Å². The van der Waals surface area contributed by atoms with Gasteiger partial charge < -0.3 is 25.8 Å². The lowest BCUT2D eigenvalue weighted by Gasteiger charge is -2.28. The maximum atomic E-state index is 5.88. The van der Waals surface area contributed by atoms with Crippen molar-refractivity contribution in [3.05, 3.63) is 30.0 Å². The summed E-state index contributed by atoms with van der Waals surface area (Å²) in [6.07, 6.45) is 1.60. The second kappa shape index (κ2) is 8.13. The number of rotatable bonds is 6. The van der Waals surface area contributed by atoms with E-state index in [0.29, 0.717) is 6.61 Å². The summed E-state index contributed by atoms with van der Waals surface area (Å²) in [6.45, 7) is 4.03. The predicted octanol–water partition coefficient (Wildman–Crippen LogP) is 1.72. The average molecular weight is 343 g/mol. The molecule has 1 aromatic heterocycles. The second-order valence-corrected chi connectivity index (χ2v) is 6.03. The first-order valence-electron chi connectivity index (χ1n) is 8.53. The minimum Gasteiger partial charge on any atom is -0.385 e. The molecule has 0 bridgehead atoms. The van der Waals surface area contributed by atoms with Crippen LogP contribution < -0.4 is 16.4 Å². The molecule has 134 valence electrons. The standard InChI is InChI=1S/C18H25N5O2/c1-24-10-2-3-15-16(22-18(20)17(19)21-15)13-4-6-14(7-5-13)23-8-11-25-12-9-23/h4-7H,2-3,8-12H2,1H3,(H2,19,21)(H2,20,22). The third-order valence-corrected chi connectivity index (χ3v) is 4.30. The zero-order valence-corrected chi connectivity index (χ0v) is 14.6. The Hall–Kier alpha value is -2.38. The summed E-state index contributed by atoms with van der Waals surface area (Å²) < 4.78 is 10.5. The molecule has 7 heteroatoms. The van der Waals surface area contributed by atoms with Crippen LogP contribution in [0.2, 0.25) is 0 Å². The van der Waals surface area contributed by atoms with Gasteiger partial charge in [-0.25, -0.2) is 9.97 Å². The van der Waals surface area contributed by atoms with Gasteiger partial charge in [0, 0.05) is 38.1 Å². The van der Waals surface area contributed by atoms with Crippen molar-refractivity contribution in [1.29, 1.82) is 0 Å². The summed E-state index contributed by atoms with van der Waals surface area (Å²) in [5.41, 5.74) is 15.5. The van der Waals surface area contributed by atoms with Gasteiger partial charge in [0.05, 0.1) is 24.6 Å². The smallest absolute Gasteiger partial charge is 0.166 e. The van der Waals surface area contributed by atoms with Gasteiger partial charge in [0.25, 0.3) is 0 Å². The number of aromatic nitrogens is 2. The molecule has 3 rings (SSSR count). The number of nitrogen functional groups attached to an aromatic ring is 2. The molecule has 2 aromatic rings. The molecule has 0 spiro atoms. The number of ether oxygens (including phenoxy) is 2. The molecular formula is C18H25N5O2. The Kier molecular flexibility index (Phi) is 5.67. The van der Waals surface area contributed by atoms with E-state index in [1.54, 1.807) is 7.11 Å². The zero-order valence-electron chi connectivity index (χ0n) is 14.6. The highest BCUT2D eigenvalue weighted by atomic mass is 16.5. The van der Waals surface area contributed by atoms with Crippen LogP contribution in [-0.2, 0) is 15.9 Å². The third kappa shape index (κ3) is 4.18. The van der Waals surface area contributed by atoms with E-state index in [-0.39, 0.29) is 11.6 Å². The average Bonchev–Trinajstić information content (AvgIpc) is 2.65. The van der Waals surface area contributed by atoms with E-state index < -0.39 is 0 Å². The molecule has 1 fully saturated rings. The van der Waals surface area contributed by atoms with E-state index in [2.05, 4.69) is 39.1 Å². The molecule has 0 amide bonds. The monoisotopic (exact) mass is 343 g/mol. The summed E-state index contributed by atoms with van der Waals surface area (Å²) in [6, 6.07) is 8.33. The van der Waals surface area contributed by atoms with Crippen molar-refractivity contribution >= 4 is 17.3 Å². The second-order valence-electron chi connectivity index (χ2n) is 6.03. The van der Waals surface area contributed by atoms with Gasteiger partial charge in [0.2, 0.25) is 0 Å². The summed E-state index contributed by atoms with van der Waals surface area (Å²) in [4.78, 5) is 11.2. The van der Waals surface area contributed by atoms with Gasteiger partial charge in [0.15, 0.2) is 11.6 Å². The molecule has 2 heterocycles. The van der Waals surface area contributed by atoms with Crippen molar-refractivity contribution < 1.29 is 9.47 Å². The maximum Gasteiger partial charge on any atom is 0.166 e. The van der Waals surface area contributed by atoms with Gasteiger partial charge in [-0.1, -0.05) is 12.1 Å². The Balaban J connectivity index is 1.85. The fourth-order valence-corrected chi connectivity index (χ4v) is 2.94. The molecule has 25 heavy (non-hydrogen) atoms. The van der Waals surface area contributed by atoms with E-state index >= 15 is 0 Å². The molecule has 0 aliphatic carbocycles. The van der Waals surface area contributed by atoms with Gasteiger partial charge in [-0.15, -0.1) is 0 Å². The Labute approximate surface area is 148 Å². The summed E-state index contributed by atoms with van der Waals surface area (Å²) in [5, 5.41) is 0. The molecule has 1 aliphatic rings. The maximum absolute atomic E-state index is 5.88. The lowest BCUT2D eigenvalue weighted by Crippen LogP contribution is -2.36. The predicted molar refractivity (Wildman–Crippen MR) is 99.5 cm³/mol. The minimum absolute atomic E-state index is 0.266. The number of hydrogen-bond donors (Lipinski definition) is 2. The van der Waals surface area contributed by atoms with Crippen LogP contribution in [0.1, 0.15) is 12.1 Å². The van der Waals surface area contributed by atoms with E-state index in [0.717, 1.165) is 56.1 Å². The molecule has 1 saturated heterocycles. The quantitative estimate of drug-likeness (QED) is 0.770. The van der Waals surface area contributed by atoms with Gasteiger partial charge in [-0.3, -0.25) is 0 Å². The third-order valence-electron chi connectivity index (χ3n) is 4.30. The van der Waals surface area contributed by atoms with Crippen LogP contribution >= 0.6 is 0 Å². The Morgan fingerprint density at radius 3 is 2.44 bits per heavy atom. The van der Waals surface area contributed by atoms with E-state index in [1.165, 1.54) is 5.69 Å². The highest BCUT2D eigenvalue weighted by Crippen LogP contribution is 2.27. The van der Waals surface area contributed by atoms with Crippen LogP contribution in [-0.4, -0.2) is 50.0 Å². The van der Waals surface area contributed by atoms with Crippen molar-refractivity contribution in [2.75, 3.05) is 56.4 Å². The first kappa shape index (κ1) is 17.4. The number of nitrogens with zero attached hydrogens (tertiary/aromatic N) is 3. The van der Waals surface area contributed by atoms with Crippen molar-refractivity contribution in [2.45, 2.75) is 12.8 Å². The molecular weight excluding hydrogens is 318 g/mol. The summed E-state index contributed by atoms with van der Waals surface area (Å²) in [5.74, 6) is 0.545. The van der Waals surface area contributed by atoms with Gasteiger partial charge in [-0.05, 0) is 25.0 Å². The minimum atomic E-state index is 0.266. The van der Waals surface area contributed by atoms with Crippen LogP contribution in [0.25, 0.3) is 11.3 Å². The van der Waals surface area contributed by atoms with Gasteiger partial charge >= 0.3 is 0 Å². The van der Waals surface area contributed by atoms with Crippen LogP contribution in [0.3, 0.4) is 0 Å². The molecule has 0 unspecified atom stereocenters. The number of anilines is 3. The first-order valence-corrected chi connectivity index (χ1v) is 8.53. The lowest BCUT2D eigenvalue weighted by atomic mass is 10.1. The van der Waals surface area contributed by atoms with E-state index in [4.69, 9.17) is 20.9 Å². The topological polar surface area (TPSA) is 99.5 Å². The van der Waals surface area contributed by atoms with Crippen LogP contribution in [0.5, 0.6) is 0 Å². The van der Waals surface area contributed by atoms with E-state index in [1.807, 2.05) is 0 Å². The number of hydrogen-bond acceptors (Lipinski definition) is 7. The highest BCUT2D eigenvalue weighted by molar-refractivity contribution is 5.69. The van der Waals surface area contributed by atoms with Crippen molar-refractivity contribution in [1.82, 2.24) is 9.97 Å². The summed E-state index contributed by atoms with van der Waals surface area (Å²) in [7, 11) is 1.69. The van der Waals surface area contributed by atoms with Crippen LogP contribution in [0, 0.1) is 0 Å². The largest absolute Gasteiger partial charge is 0.385 e. The van der Waals surface area contributed by atoms with Crippen molar-refractivity contribution in [3.63, 3.8) is 0 Å². The molecule has 0 radical (unpaired) electrons. The van der Waals surface area contributed by atoms with Crippen molar-refractivity contribution in [3.8, 4) is 11.3 Å². The van der Waals surface area contributed by atoms with Crippen LogP contribution in [0.15, 0.2) is 24.3 Å². The van der Waals surface area contributed by atoms with Crippen LogP contribution in [0.4, 0.5) is 17.3 Å². The molecule has 1 aromatic carbocycles. The molecule has 4 N–H and O–H groups in total. The normalized spacial score (nSPS) is 14.7. The fourth-order valence-electron chi connectivity index (χ4n) is 2.94. The van der Waals surface area contributed by atoms with Gasteiger partial charge in [-0.2, -0.15) is 0 Å². The SMILES string of the molecule is COCCCc1nc(N)c(N)nc1-c1ccc(N2CCOCC2)cc1. The zero-order chi connectivity index (χ0) is 17.6. The first-order chi connectivity index (χ1) is 12.2. The lowest BCUT2D eigenvalue weighted by molar-refractivity contribution is 0.122. The molecule has 7 nitrogen and oxygen atoms in total. The molecule has 0 saturated carbocycles. The fraction of sp³-hybridized carbons (Fsp3) is 0.444. The number of nitrogens with two attached hydrogens (primary N) is 2. The number of methoxy groups -OCH3 is 1. The number of benzene rings is 1. The van der Waals surface area contributed by atoms with E-state index in [9.17, 15) is 0 Å². The molecule has 1 aliphatic heterocycles. The summed E-state index contributed by atoms with van der Waals surface area (Å²) >= 11 is 0. The Bertz CT molecular complexity index is 699.